The van der Waals surface area contributed by atoms with Crippen LogP contribution in [0.15, 0.2) is 24.3 Å². The summed E-state index contributed by atoms with van der Waals surface area (Å²) in [5.74, 6) is -0.425. The molecular weight excluding hydrogens is 308 g/mol. The monoisotopic (exact) mass is 330 g/mol. The van der Waals surface area contributed by atoms with Gasteiger partial charge in [-0.05, 0) is 25.0 Å². The molecule has 0 spiro atoms. The molecule has 0 radical (unpaired) electrons. The number of methoxy groups -OCH3 is 1. The van der Waals surface area contributed by atoms with Gasteiger partial charge < -0.3 is 4.74 Å². The molecule has 3 amide bonds. The van der Waals surface area contributed by atoms with E-state index in [1.54, 1.807) is 24.3 Å². The first-order chi connectivity index (χ1) is 11.5. The predicted octanol–water partition coefficient (Wildman–Crippen LogP) is 2.18. The van der Waals surface area contributed by atoms with Gasteiger partial charge >= 0.3 is 0 Å². The number of ether oxygens (including phenoxy) is 1. The summed E-state index contributed by atoms with van der Waals surface area (Å²) in [5, 5.41) is 0. The summed E-state index contributed by atoms with van der Waals surface area (Å²) < 4.78 is 5.31. The number of likely N-dealkylation sites (tertiary alicyclic amines) is 1. The minimum Gasteiger partial charge on any atom is -0.495 e. The van der Waals surface area contributed by atoms with Gasteiger partial charge in [-0.3, -0.25) is 24.2 Å². The van der Waals surface area contributed by atoms with Gasteiger partial charge in [0.05, 0.1) is 24.6 Å². The molecule has 0 N–H and O–H groups in total. The largest absolute Gasteiger partial charge is 0.495 e. The van der Waals surface area contributed by atoms with Gasteiger partial charge in [0.2, 0.25) is 17.7 Å². The summed E-state index contributed by atoms with van der Waals surface area (Å²) >= 11 is 0. The maximum atomic E-state index is 12.6. The Morgan fingerprint density at radius 2 is 1.75 bits per heavy atom. The fourth-order valence-corrected chi connectivity index (χ4v) is 3.71. The van der Waals surface area contributed by atoms with E-state index in [2.05, 4.69) is 0 Å². The number of hydrogen-bond donors (Lipinski definition) is 0. The van der Waals surface area contributed by atoms with Gasteiger partial charge in [0.25, 0.3) is 0 Å². The minimum atomic E-state index is -0.241. The van der Waals surface area contributed by atoms with Crippen LogP contribution in [0, 0.1) is 11.8 Å². The Balaban J connectivity index is 1.87. The van der Waals surface area contributed by atoms with Crippen molar-refractivity contribution in [3.05, 3.63) is 24.3 Å². The highest BCUT2D eigenvalue weighted by Gasteiger charge is 2.48. The zero-order chi connectivity index (χ0) is 17.3. The number of anilines is 1. The lowest BCUT2D eigenvalue weighted by molar-refractivity contribution is -0.140. The van der Waals surface area contributed by atoms with Crippen LogP contribution in [0.3, 0.4) is 0 Å². The molecule has 1 aliphatic heterocycles. The molecule has 1 saturated carbocycles. The lowest BCUT2D eigenvalue weighted by atomic mass is 9.81. The van der Waals surface area contributed by atoms with Gasteiger partial charge in [-0.15, -0.1) is 0 Å². The molecule has 2 unspecified atom stereocenters. The van der Waals surface area contributed by atoms with Crippen molar-refractivity contribution >= 4 is 23.4 Å². The van der Waals surface area contributed by atoms with E-state index >= 15 is 0 Å². The van der Waals surface area contributed by atoms with E-state index in [4.69, 9.17) is 4.74 Å². The summed E-state index contributed by atoms with van der Waals surface area (Å²) in [5.41, 5.74) is 0.558. The van der Waals surface area contributed by atoms with E-state index in [1.165, 1.54) is 23.8 Å². The van der Waals surface area contributed by atoms with Gasteiger partial charge in [0, 0.05) is 6.92 Å². The van der Waals surface area contributed by atoms with Crippen molar-refractivity contribution in [2.75, 3.05) is 18.7 Å². The van der Waals surface area contributed by atoms with Crippen LogP contribution < -0.4 is 9.64 Å². The molecule has 0 aromatic heterocycles. The average Bonchev–Trinajstić information content (AvgIpc) is 2.84. The SMILES string of the molecule is COc1ccccc1N(CN1C(=O)C2CCCCC2C1=O)C(C)=O. The summed E-state index contributed by atoms with van der Waals surface area (Å²) in [6, 6.07) is 7.10. The average molecular weight is 330 g/mol. The number of carbonyl (C=O) groups excluding carboxylic acids is 3. The Labute approximate surface area is 141 Å². The third kappa shape index (κ3) is 2.77. The van der Waals surface area contributed by atoms with Gasteiger partial charge in [-0.25, -0.2) is 0 Å². The molecule has 24 heavy (non-hydrogen) atoms. The van der Waals surface area contributed by atoms with Crippen LogP contribution >= 0.6 is 0 Å². The highest BCUT2D eigenvalue weighted by molar-refractivity contribution is 6.06. The van der Waals surface area contributed by atoms with Crippen molar-refractivity contribution < 1.29 is 19.1 Å². The molecule has 1 aromatic rings. The maximum Gasteiger partial charge on any atom is 0.234 e. The first-order valence-corrected chi connectivity index (χ1v) is 8.31. The number of hydrogen-bond acceptors (Lipinski definition) is 4. The Morgan fingerprint density at radius 1 is 1.17 bits per heavy atom. The van der Waals surface area contributed by atoms with Crippen molar-refractivity contribution in [1.82, 2.24) is 4.90 Å². The minimum absolute atomic E-state index is 0.0552. The van der Waals surface area contributed by atoms with Crippen LogP contribution in [0.4, 0.5) is 5.69 Å². The molecule has 0 bridgehead atoms. The van der Waals surface area contributed by atoms with Crippen LogP contribution in [0.2, 0.25) is 0 Å². The van der Waals surface area contributed by atoms with Gasteiger partial charge in [0.15, 0.2) is 0 Å². The number of rotatable bonds is 4. The molecule has 6 heteroatoms. The maximum absolute atomic E-state index is 12.6. The molecule has 3 rings (SSSR count). The summed E-state index contributed by atoms with van der Waals surface area (Å²) in [7, 11) is 1.53. The molecule has 1 aromatic carbocycles. The smallest absolute Gasteiger partial charge is 0.234 e. The lowest BCUT2D eigenvalue weighted by Gasteiger charge is -2.27. The molecule has 1 heterocycles. The second-order valence-corrected chi connectivity index (χ2v) is 6.36. The van der Waals surface area contributed by atoms with E-state index in [1.807, 2.05) is 0 Å². The second kappa shape index (κ2) is 6.63. The first kappa shape index (κ1) is 16.5. The Kier molecular flexibility index (Phi) is 4.55. The van der Waals surface area contributed by atoms with Crippen molar-refractivity contribution in [3.8, 4) is 5.75 Å². The van der Waals surface area contributed by atoms with Crippen LogP contribution in [0.1, 0.15) is 32.6 Å². The van der Waals surface area contributed by atoms with Crippen LogP contribution in [-0.2, 0) is 14.4 Å². The normalized spacial score (nSPS) is 23.2. The first-order valence-electron chi connectivity index (χ1n) is 8.31. The molecule has 6 nitrogen and oxygen atoms in total. The van der Waals surface area contributed by atoms with Crippen molar-refractivity contribution in [2.24, 2.45) is 11.8 Å². The van der Waals surface area contributed by atoms with Crippen LogP contribution in [-0.4, -0.2) is 36.4 Å². The lowest BCUT2D eigenvalue weighted by Crippen LogP contribution is -2.44. The highest BCUT2D eigenvalue weighted by atomic mass is 16.5. The highest BCUT2D eigenvalue weighted by Crippen LogP contribution is 2.38. The third-order valence-electron chi connectivity index (χ3n) is 4.97. The quantitative estimate of drug-likeness (QED) is 0.794. The summed E-state index contributed by atoms with van der Waals surface area (Å²) in [4.78, 5) is 40.1. The predicted molar refractivity (Wildman–Crippen MR) is 88.3 cm³/mol. The fourth-order valence-electron chi connectivity index (χ4n) is 3.71. The Bertz CT molecular complexity index is 649. The zero-order valence-corrected chi connectivity index (χ0v) is 14.0. The number of nitrogens with zero attached hydrogens (tertiary/aromatic N) is 2. The number of amides is 3. The number of imide groups is 1. The molecule has 1 saturated heterocycles. The second-order valence-electron chi connectivity index (χ2n) is 6.36. The molecular formula is C18H22N2O4. The van der Waals surface area contributed by atoms with Gasteiger partial charge in [-0.2, -0.15) is 0 Å². The standard InChI is InChI=1S/C18H22N2O4/c1-12(21)19(15-9-5-6-10-16(15)24-2)11-20-17(22)13-7-3-4-8-14(13)18(20)23/h5-6,9-10,13-14H,3-4,7-8,11H2,1-2H3. The summed E-state index contributed by atoms with van der Waals surface area (Å²) in [6.07, 6.45) is 3.49. The van der Waals surface area contributed by atoms with Crippen molar-refractivity contribution in [2.45, 2.75) is 32.6 Å². The Morgan fingerprint density at radius 3 is 2.29 bits per heavy atom. The van der Waals surface area contributed by atoms with E-state index in [-0.39, 0.29) is 36.2 Å². The number of benzene rings is 1. The zero-order valence-electron chi connectivity index (χ0n) is 14.0. The van der Waals surface area contributed by atoms with E-state index in [9.17, 15) is 14.4 Å². The molecule has 1 aliphatic carbocycles. The van der Waals surface area contributed by atoms with Gasteiger partial charge in [0.1, 0.15) is 12.4 Å². The van der Waals surface area contributed by atoms with Gasteiger partial charge in [-0.1, -0.05) is 25.0 Å². The van der Waals surface area contributed by atoms with Crippen molar-refractivity contribution in [3.63, 3.8) is 0 Å². The number of carbonyl (C=O) groups is 3. The van der Waals surface area contributed by atoms with Crippen molar-refractivity contribution in [1.29, 1.82) is 0 Å². The van der Waals surface area contributed by atoms with E-state index in [0.717, 1.165) is 25.7 Å². The number of fused-ring (bicyclic) bond motifs is 1. The number of para-hydroxylation sites is 2. The molecule has 128 valence electrons. The Hall–Kier alpha value is -2.37. The van der Waals surface area contributed by atoms with Crippen LogP contribution in [0.5, 0.6) is 5.75 Å². The third-order valence-corrected chi connectivity index (χ3v) is 4.97. The van der Waals surface area contributed by atoms with E-state index < -0.39 is 0 Å². The fraction of sp³-hybridized carbons (Fsp3) is 0.500. The van der Waals surface area contributed by atoms with Crippen LogP contribution in [0.25, 0.3) is 0 Å². The molecule has 2 aliphatic rings. The topological polar surface area (TPSA) is 66.9 Å². The summed E-state index contributed by atoms with van der Waals surface area (Å²) in [6.45, 7) is 1.37. The van der Waals surface area contributed by atoms with E-state index in [0.29, 0.717) is 11.4 Å². The molecule has 2 fully saturated rings. The molecule has 2 atom stereocenters.